The molecule has 3 saturated heterocycles. The first-order valence-electron chi connectivity index (χ1n) is 12.1. The smallest absolute Gasteiger partial charge is 0.407 e. The summed E-state index contributed by atoms with van der Waals surface area (Å²) >= 11 is 0. The first-order valence-corrected chi connectivity index (χ1v) is 12.1. The minimum atomic E-state index is -1.02. The number of rotatable bonds is 5. The standard InChI is InChI=1S/C18H20F2N4O4.C3H9N.C3H8/c19-13-3-10(4-14(20)16(13)12-1-2-15(25)23-17(12)26)24-7-9(8-24)22-18(27)28-11-5-21-6-11;1-3-4-2;1-3-2/h3-4,9,11-12,21H,1-2,5-8H2,(H,22,27)(H,23,25,26);4H,3H2,1-2H3;3H2,1-2H3. The highest BCUT2D eigenvalue weighted by atomic mass is 19.1. The third-order valence-corrected chi connectivity index (χ3v) is 5.59. The van der Waals surface area contributed by atoms with Crippen molar-refractivity contribution in [3.8, 4) is 0 Å². The fourth-order valence-electron chi connectivity index (χ4n) is 3.53. The summed E-state index contributed by atoms with van der Waals surface area (Å²) in [7, 11) is 1.93. The van der Waals surface area contributed by atoms with Gasteiger partial charge in [0.2, 0.25) is 11.8 Å². The second-order valence-corrected chi connectivity index (χ2v) is 8.67. The SMILES string of the molecule is CCC.CCNC.O=C1CCC(c2c(F)cc(N3CC(NC(=O)OC4CNC4)C3)cc2F)C(=O)N1. The molecule has 3 aliphatic heterocycles. The van der Waals surface area contributed by atoms with Gasteiger partial charge in [-0.3, -0.25) is 14.9 Å². The number of hydrogen-bond donors (Lipinski definition) is 4. The molecular formula is C24H37F2N5O4. The summed E-state index contributed by atoms with van der Waals surface area (Å²) in [6.07, 6.45) is 0.760. The fourth-order valence-corrected chi connectivity index (χ4v) is 3.53. The summed E-state index contributed by atoms with van der Waals surface area (Å²) in [6, 6.07) is 2.19. The van der Waals surface area contributed by atoms with Crippen molar-refractivity contribution in [2.24, 2.45) is 0 Å². The van der Waals surface area contributed by atoms with Crippen molar-refractivity contribution in [2.45, 2.75) is 58.1 Å². The molecule has 0 saturated carbocycles. The minimum absolute atomic E-state index is 0.0452. The van der Waals surface area contributed by atoms with Crippen molar-refractivity contribution >= 4 is 23.6 Å². The van der Waals surface area contributed by atoms with Crippen LogP contribution in [0.25, 0.3) is 0 Å². The lowest BCUT2D eigenvalue weighted by Crippen LogP contribution is -2.60. The van der Waals surface area contributed by atoms with Gasteiger partial charge in [0.25, 0.3) is 0 Å². The maximum Gasteiger partial charge on any atom is 0.407 e. The lowest BCUT2D eigenvalue weighted by atomic mass is 9.89. The number of imide groups is 1. The molecule has 9 nitrogen and oxygen atoms in total. The Labute approximate surface area is 205 Å². The van der Waals surface area contributed by atoms with Crippen LogP contribution in [0.1, 0.15) is 51.5 Å². The van der Waals surface area contributed by atoms with Crippen LogP contribution in [0.2, 0.25) is 0 Å². The summed E-state index contributed by atoms with van der Waals surface area (Å²) in [5.74, 6) is -3.79. The number of halogens is 2. The highest BCUT2D eigenvalue weighted by Crippen LogP contribution is 2.33. The topological polar surface area (TPSA) is 112 Å². The Morgan fingerprint density at radius 3 is 2.17 bits per heavy atom. The van der Waals surface area contributed by atoms with Gasteiger partial charge in [-0.2, -0.15) is 0 Å². The molecule has 3 amide bonds. The molecule has 11 heteroatoms. The Kier molecular flexibility index (Phi) is 11.3. The van der Waals surface area contributed by atoms with Crippen LogP contribution < -0.4 is 26.2 Å². The second kappa shape index (κ2) is 13.9. The average molecular weight is 498 g/mol. The Morgan fingerprint density at radius 2 is 1.71 bits per heavy atom. The lowest BCUT2D eigenvalue weighted by Gasteiger charge is -2.41. The van der Waals surface area contributed by atoms with Crippen LogP contribution in [0.15, 0.2) is 12.1 Å². The summed E-state index contributed by atoms with van der Waals surface area (Å²) in [6.45, 7) is 9.47. The van der Waals surface area contributed by atoms with Crippen LogP contribution in [-0.2, 0) is 14.3 Å². The maximum absolute atomic E-state index is 14.6. The molecular weight excluding hydrogens is 460 g/mol. The van der Waals surface area contributed by atoms with Crippen LogP contribution in [0, 0.1) is 11.6 Å². The average Bonchev–Trinajstić information content (AvgIpc) is 2.74. The molecule has 0 radical (unpaired) electrons. The monoisotopic (exact) mass is 497 g/mol. The molecule has 3 fully saturated rings. The van der Waals surface area contributed by atoms with E-state index >= 15 is 0 Å². The summed E-state index contributed by atoms with van der Waals surface area (Å²) in [4.78, 5) is 36.6. The van der Waals surface area contributed by atoms with Crippen molar-refractivity contribution in [1.29, 1.82) is 0 Å². The largest absolute Gasteiger partial charge is 0.444 e. The van der Waals surface area contributed by atoms with Crippen LogP contribution in [-0.4, -0.2) is 69.8 Å². The van der Waals surface area contributed by atoms with E-state index in [2.05, 4.69) is 42.0 Å². The zero-order chi connectivity index (χ0) is 26.0. The van der Waals surface area contributed by atoms with E-state index in [-0.39, 0.29) is 30.6 Å². The van der Waals surface area contributed by atoms with E-state index in [1.165, 1.54) is 18.6 Å². The fraction of sp³-hybridized carbons (Fsp3) is 0.625. The third-order valence-electron chi connectivity index (χ3n) is 5.59. The molecule has 3 aliphatic rings. The van der Waals surface area contributed by atoms with Crippen molar-refractivity contribution < 1.29 is 27.9 Å². The molecule has 1 atom stereocenters. The van der Waals surface area contributed by atoms with Crippen molar-refractivity contribution in [3.63, 3.8) is 0 Å². The molecule has 4 rings (SSSR count). The van der Waals surface area contributed by atoms with Crippen LogP contribution >= 0.6 is 0 Å². The second-order valence-electron chi connectivity index (χ2n) is 8.67. The predicted molar refractivity (Wildman–Crippen MR) is 129 cm³/mol. The number of benzene rings is 1. The van der Waals surface area contributed by atoms with Gasteiger partial charge in [-0.15, -0.1) is 0 Å². The number of nitrogens with zero attached hydrogens (tertiary/aromatic N) is 1. The number of carbonyl (C=O) groups excluding carboxylic acids is 3. The van der Waals surface area contributed by atoms with Gasteiger partial charge in [0, 0.05) is 43.9 Å². The number of hydrogen-bond acceptors (Lipinski definition) is 7. The predicted octanol–water partition coefficient (Wildman–Crippen LogP) is 2.01. The lowest BCUT2D eigenvalue weighted by molar-refractivity contribution is -0.134. The molecule has 196 valence electrons. The normalized spacial score (nSPS) is 19.7. The van der Waals surface area contributed by atoms with Gasteiger partial charge in [0.1, 0.15) is 17.7 Å². The molecule has 0 spiro atoms. The highest BCUT2D eigenvalue weighted by Gasteiger charge is 2.35. The van der Waals surface area contributed by atoms with Crippen molar-refractivity contribution in [2.75, 3.05) is 44.7 Å². The molecule has 0 bridgehead atoms. The minimum Gasteiger partial charge on any atom is -0.444 e. The Morgan fingerprint density at radius 1 is 1.14 bits per heavy atom. The zero-order valence-electron chi connectivity index (χ0n) is 20.9. The molecule has 3 heterocycles. The molecule has 0 aliphatic carbocycles. The quantitative estimate of drug-likeness (QED) is 0.461. The molecule has 0 aromatic heterocycles. The Hall–Kier alpha value is -2.79. The Balaban J connectivity index is 0.000000551. The molecule has 4 N–H and O–H groups in total. The van der Waals surface area contributed by atoms with E-state index in [4.69, 9.17) is 4.74 Å². The number of ether oxygens (including phenoxy) is 1. The summed E-state index contributed by atoms with van der Waals surface area (Å²) < 4.78 is 34.3. The van der Waals surface area contributed by atoms with E-state index in [9.17, 15) is 23.2 Å². The van der Waals surface area contributed by atoms with E-state index in [0.29, 0.717) is 31.9 Å². The molecule has 1 aromatic carbocycles. The van der Waals surface area contributed by atoms with Gasteiger partial charge in [-0.05, 0) is 32.1 Å². The number of piperidine rings is 1. The molecule has 35 heavy (non-hydrogen) atoms. The number of nitrogens with one attached hydrogen (secondary N) is 4. The maximum atomic E-state index is 14.6. The van der Waals surface area contributed by atoms with E-state index in [1.54, 1.807) is 4.90 Å². The van der Waals surface area contributed by atoms with E-state index < -0.39 is 35.5 Å². The number of alkyl carbamates (subject to hydrolysis) is 1. The Bertz CT molecular complexity index is 850. The van der Waals surface area contributed by atoms with Gasteiger partial charge < -0.3 is 25.6 Å². The first kappa shape index (κ1) is 28.4. The third kappa shape index (κ3) is 8.14. The summed E-state index contributed by atoms with van der Waals surface area (Å²) in [5, 5.41) is 10.7. The highest BCUT2D eigenvalue weighted by molar-refractivity contribution is 6.01. The van der Waals surface area contributed by atoms with Crippen LogP contribution in [0.3, 0.4) is 0 Å². The van der Waals surface area contributed by atoms with Crippen molar-refractivity contribution in [3.05, 3.63) is 29.3 Å². The molecule has 1 unspecified atom stereocenters. The molecule has 1 aromatic rings. The van der Waals surface area contributed by atoms with Crippen molar-refractivity contribution in [1.82, 2.24) is 21.3 Å². The number of carbonyl (C=O) groups is 3. The summed E-state index contributed by atoms with van der Waals surface area (Å²) in [5.41, 5.74) is 0.0160. The van der Waals surface area contributed by atoms with Crippen LogP contribution in [0.5, 0.6) is 0 Å². The van der Waals surface area contributed by atoms with Gasteiger partial charge in [0.15, 0.2) is 0 Å². The van der Waals surface area contributed by atoms with Gasteiger partial charge >= 0.3 is 6.09 Å². The zero-order valence-corrected chi connectivity index (χ0v) is 20.9. The first-order chi connectivity index (χ1) is 16.7. The number of anilines is 1. The van der Waals surface area contributed by atoms with E-state index in [1.807, 2.05) is 7.05 Å². The number of amides is 3. The van der Waals surface area contributed by atoms with Crippen LogP contribution in [0.4, 0.5) is 19.3 Å². The van der Waals surface area contributed by atoms with Gasteiger partial charge in [0.05, 0.1) is 12.0 Å². The van der Waals surface area contributed by atoms with E-state index in [0.717, 1.165) is 6.54 Å². The van der Waals surface area contributed by atoms with Gasteiger partial charge in [-0.1, -0.05) is 27.2 Å². The van der Waals surface area contributed by atoms with Gasteiger partial charge in [-0.25, -0.2) is 13.6 Å².